The van der Waals surface area contributed by atoms with Gasteiger partial charge in [-0.25, -0.2) is 0 Å². The first-order chi connectivity index (χ1) is 11.0. The number of carbonyl (C=O) groups is 1. The number of nitrogens with zero attached hydrogens (tertiary/aromatic N) is 1. The fraction of sp³-hybridized carbons (Fsp3) is 0.211. The summed E-state index contributed by atoms with van der Waals surface area (Å²) < 4.78 is 7.66. The van der Waals surface area contributed by atoms with Gasteiger partial charge in [-0.1, -0.05) is 11.6 Å². The highest BCUT2D eigenvalue weighted by Gasteiger charge is 2.18. The lowest BCUT2D eigenvalue weighted by Gasteiger charge is -2.09. The number of aromatic nitrogens is 1. The second kappa shape index (κ2) is 6.09. The summed E-state index contributed by atoms with van der Waals surface area (Å²) in [5, 5.41) is 1.60. The molecule has 0 atom stereocenters. The van der Waals surface area contributed by atoms with Crippen LogP contribution in [0.25, 0.3) is 16.6 Å². The number of hydrogen-bond donors (Lipinski definition) is 0. The molecule has 1 heterocycles. The summed E-state index contributed by atoms with van der Waals surface area (Å²) in [6, 6.07) is 13.5. The molecule has 3 nitrogen and oxygen atoms in total. The minimum absolute atomic E-state index is 0.0499. The van der Waals surface area contributed by atoms with Crippen molar-refractivity contribution in [1.82, 2.24) is 4.57 Å². The molecule has 118 valence electrons. The van der Waals surface area contributed by atoms with Crippen LogP contribution in [-0.4, -0.2) is 17.0 Å². The molecular formula is C19H18ClNO2. The summed E-state index contributed by atoms with van der Waals surface area (Å²) in [4.78, 5) is 12.2. The normalized spacial score (nSPS) is 11.0. The zero-order chi connectivity index (χ0) is 16.6. The smallest absolute Gasteiger partial charge is 0.162 e. The van der Waals surface area contributed by atoms with Crippen LogP contribution in [-0.2, 0) is 0 Å². The minimum Gasteiger partial charge on any atom is -0.494 e. The second-order valence-corrected chi connectivity index (χ2v) is 5.88. The lowest BCUT2D eigenvalue weighted by atomic mass is 10.1. The molecule has 2 aromatic carbocycles. The van der Waals surface area contributed by atoms with Gasteiger partial charge in [0.05, 0.1) is 12.1 Å². The van der Waals surface area contributed by atoms with Crippen LogP contribution in [0.15, 0.2) is 42.5 Å². The summed E-state index contributed by atoms with van der Waals surface area (Å²) in [5.74, 6) is 0.824. The Hall–Kier alpha value is -2.26. The van der Waals surface area contributed by atoms with Gasteiger partial charge in [0.15, 0.2) is 5.78 Å². The molecule has 0 aliphatic heterocycles. The van der Waals surface area contributed by atoms with Crippen molar-refractivity contribution in [2.24, 2.45) is 0 Å². The Morgan fingerprint density at radius 1 is 1.17 bits per heavy atom. The Bertz CT molecular complexity index is 879. The summed E-state index contributed by atoms with van der Waals surface area (Å²) in [5.41, 5.74) is 3.62. The van der Waals surface area contributed by atoms with Crippen LogP contribution in [0.3, 0.4) is 0 Å². The van der Waals surface area contributed by atoms with Gasteiger partial charge in [0, 0.05) is 27.4 Å². The van der Waals surface area contributed by atoms with E-state index in [1.807, 2.05) is 56.3 Å². The van der Waals surface area contributed by atoms with E-state index in [0.29, 0.717) is 11.6 Å². The number of Topliss-reactive ketones (excluding diaryl/α,β-unsaturated/α-hetero) is 1. The Labute approximate surface area is 140 Å². The van der Waals surface area contributed by atoms with Gasteiger partial charge < -0.3 is 9.30 Å². The highest BCUT2D eigenvalue weighted by Crippen LogP contribution is 2.32. The Morgan fingerprint density at radius 3 is 2.48 bits per heavy atom. The van der Waals surface area contributed by atoms with Crippen molar-refractivity contribution in [3.05, 3.63) is 58.7 Å². The standard InChI is InChI=1S/C19H18ClNO2/c1-4-23-16-9-10-18-17(11-16)19(13(3)22)12(2)21(18)15-7-5-14(20)6-8-15/h5-11H,4H2,1-3H3. The van der Waals surface area contributed by atoms with Crippen molar-refractivity contribution in [3.8, 4) is 11.4 Å². The molecule has 23 heavy (non-hydrogen) atoms. The van der Waals surface area contributed by atoms with E-state index in [4.69, 9.17) is 16.3 Å². The first kappa shape index (κ1) is 15.6. The molecule has 0 saturated heterocycles. The quantitative estimate of drug-likeness (QED) is 0.617. The lowest BCUT2D eigenvalue weighted by molar-refractivity contribution is 0.101. The molecule has 0 spiro atoms. The van der Waals surface area contributed by atoms with Gasteiger partial charge >= 0.3 is 0 Å². The summed E-state index contributed by atoms with van der Waals surface area (Å²) >= 11 is 5.99. The average molecular weight is 328 g/mol. The monoisotopic (exact) mass is 327 g/mol. The van der Waals surface area contributed by atoms with Crippen molar-refractivity contribution in [2.75, 3.05) is 6.61 Å². The van der Waals surface area contributed by atoms with Crippen LogP contribution < -0.4 is 4.74 Å². The Balaban J connectivity index is 2.31. The van der Waals surface area contributed by atoms with E-state index in [1.165, 1.54) is 0 Å². The zero-order valence-electron chi connectivity index (χ0n) is 13.4. The fourth-order valence-corrected chi connectivity index (χ4v) is 3.15. The maximum Gasteiger partial charge on any atom is 0.162 e. The van der Waals surface area contributed by atoms with Gasteiger partial charge in [-0.2, -0.15) is 0 Å². The molecule has 0 fully saturated rings. The summed E-state index contributed by atoms with van der Waals surface area (Å²) in [7, 11) is 0. The molecule has 0 radical (unpaired) electrons. The van der Waals surface area contributed by atoms with Crippen LogP contribution in [0.1, 0.15) is 29.9 Å². The van der Waals surface area contributed by atoms with Crippen molar-refractivity contribution < 1.29 is 9.53 Å². The number of ketones is 1. The molecular weight excluding hydrogens is 310 g/mol. The molecule has 0 aliphatic carbocycles. The topological polar surface area (TPSA) is 31.2 Å². The number of benzene rings is 2. The predicted octanol–water partition coefficient (Wildman–Crippen LogP) is 5.19. The number of ether oxygens (including phenoxy) is 1. The third-order valence-electron chi connectivity index (χ3n) is 3.92. The molecule has 0 unspecified atom stereocenters. The average Bonchev–Trinajstić information content (AvgIpc) is 2.80. The maximum atomic E-state index is 12.2. The third kappa shape index (κ3) is 2.73. The summed E-state index contributed by atoms with van der Waals surface area (Å²) in [6.45, 7) is 6.10. The Kier molecular flexibility index (Phi) is 4.14. The van der Waals surface area contributed by atoms with Crippen LogP contribution >= 0.6 is 11.6 Å². The van der Waals surface area contributed by atoms with Crippen LogP contribution in [0.5, 0.6) is 5.75 Å². The maximum absolute atomic E-state index is 12.2. The molecule has 0 bridgehead atoms. The van der Waals surface area contributed by atoms with Crippen LogP contribution in [0, 0.1) is 6.92 Å². The zero-order valence-corrected chi connectivity index (χ0v) is 14.1. The SMILES string of the molecule is CCOc1ccc2c(c1)c(C(C)=O)c(C)n2-c1ccc(Cl)cc1. The van der Waals surface area contributed by atoms with Crippen molar-refractivity contribution in [3.63, 3.8) is 0 Å². The highest BCUT2D eigenvalue weighted by molar-refractivity contribution is 6.30. The Morgan fingerprint density at radius 2 is 1.87 bits per heavy atom. The third-order valence-corrected chi connectivity index (χ3v) is 4.18. The molecule has 3 aromatic rings. The molecule has 0 N–H and O–H groups in total. The first-order valence-corrected chi connectivity index (χ1v) is 7.95. The second-order valence-electron chi connectivity index (χ2n) is 5.44. The van der Waals surface area contributed by atoms with Gasteiger partial charge in [0.25, 0.3) is 0 Å². The summed E-state index contributed by atoms with van der Waals surface area (Å²) in [6.07, 6.45) is 0. The lowest BCUT2D eigenvalue weighted by Crippen LogP contribution is -1.99. The van der Waals surface area contributed by atoms with Gasteiger partial charge in [-0.3, -0.25) is 4.79 Å². The van der Waals surface area contributed by atoms with E-state index >= 15 is 0 Å². The number of hydrogen-bond acceptors (Lipinski definition) is 2. The van der Waals surface area contributed by atoms with E-state index in [-0.39, 0.29) is 5.78 Å². The van der Waals surface area contributed by atoms with E-state index in [1.54, 1.807) is 6.92 Å². The molecule has 0 saturated carbocycles. The largest absolute Gasteiger partial charge is 0.494 e. The first-order valence-electron chi connectivity index (χ1n) is 7.57. The number of carbonyl (C=O) groups excluding carboxylic acids is 1. The number of fused-ring (bicyclic) bond motifs is 1. The number of halogens is 1. The molecule has 4 heteroatoms. The predicted molar refractivity (Wildman–Crippen MR) is 94.2 cm³/mol. The van der Waals surface area contributed by atoms with Crippen LogP contribution in [0.4, 0.5) is 0 Å². The van der Waals surface area contributed by atoms with E-state index < -0.39 is 0 Å². The molecule has 1 aromatic heterocycles. The fourth-order valence-electron chi connectivity index (χ4n) is 3.02. The van der Waals surface area contributed by atoms with Gasteiger partial charge in [-0.05, 0) is 63.2 Å². The molecule has 3 rings (SSSR count). The minimum atomic E-state index is 0.0499. The molecule has 0 aliphatic rings. The van der Waals surface area contributed by atoms with Gasteiger partial charge in [0.1, 0.15) is 5.75 Å². The van der Waals surface area contributed by atoms with Gasteiger partial charge in [0.2, 0.25) is 0 Å². The number of rotatable bonds is 4. The van der Waals surface area contributed by atoms with E-state index in [0.717, 1.165) is 33.6 Å². The van der Waals surface area contributed by atoms with Crippen molar-refractivity contribution in [2.45, 2.75) is 20.8 Å². The van der Waals surface area contributed by atoms with Crippen LogP contribution in [0.2, 0.25) is 5.02 Å². The highest BCUT2D eigenvalue weighted by atomic mass is 35.5. The van der Waals surface area contributed by atoms with E-state index in [9.17, 15) is 4.79 Å². The van der Waals surface area contributed by atoms with Gasteiger partial charge in [-0.15, -0.1) is 0 Å². The molecule has 0 amide bonds. The van der Waals surface area contributed by atoms with Crippen molar-refractivity contribution >= 4 is 28.3 Å². The van der Waals surface area contributed by atoms with E-state index in [2.05, 4.69) is 4.57 Å². The van der Waals surface area contributed by atoms with Crippen molar-refractivity contribution in [1.29, 1.82) is 0 Å².